The molecule has 94 valence electrons. The van der Waals surface area contributed by atoms with Crippen molar-refractivity contribution in [3.05, 3.63) is 10.2 Å². The maximum Gasteiger partial charge on any atom is 0.136 e. The van der Waals surface area contributed by atoms with E-state index < -0.39 is 0 Å². The van der Waals surface area contributed by atoms with Gasteiger partial charge in [0.2, 0.25) is 0 Å². The largest absolute Gasteiger partial charge is 0.383 e. The van der Waals surface area contributed by atoms with Crippen molar-refractivity contribution in [2.24, 2.45) is 0 Å². The summed E-state index contributed by atoms with van der Waals surface area (Å²) < 4.78 is 3.00. The molecule has 5 heteroatoms. The van der Waals surface area contributed by atoms with E-state index in [2.05, 4.69) is 25.9 Å². The zero-order valence-electron chi connectivity index (χ0n) is 10.2. The number of rotatable bonds is 1. The minimum atomic E-state index is 0.486. The molecule has 0 amide bonds. The molecule has 3 rings (SSSR count). The van der Waals surface area contributed by atoms with Crippen molar-refractivity contribution in [1.29, 1.82) is 0 Å². The van der Waals surface area contributed by atoms with Crippen molar-refractivity contribution in [3.8, 4) is 0 Å². The first-order chi connectivity index (χ1) is 8.16. The number of aryl methyl sites for hydroxylation is 1. The average molecular weight is 299 g/mol. The van der Waals surface area contributed by atoms with Gasteiger partial charge in [0.25, 0.3) is 0 Å². The second-order valence-electron chi connectivity index (χ2n) is 5.24. The van der Waals surface area contributed by atoms with E-state index in [1.54, 1.807) is 0 Å². The van der Waals surface area contributed by atoms with Crippen molar-refractivity contribution >= 4 is 21.7 Å². The Labute approximate surface area is 110 Å². The molecular formula is C12H19BrN4. The van der Waals surface area contributed by atoms with E-state index in [0.29, 0.717) is 6.04 Å². The lowest BCUT2D eigenvalue weighted by atomic mass is 9.98. The molecule has 0 saturated carbocycles. The number of hydrogen-bond donors (Lipinski definition) is 1. The summed E-state index contributed by atoms with van der Waals surface area (Å²) in [6.45, 7) is 4.49. The van der Waals surface area contributed by atoms with Crippen LogP contribution in [-0.2, 0) is 0 Å². The number of hydrogen-bond acceptors (Lipinski definition) is 3. The number of anilines is 1. The average Bonchev–Trinajstić information content (AvgIpc) is 2.89. The number of nitrogen functional groups attached to an aromatic ring is 1. The SMILES string of the molecule is Cc1nn(C2CCN3CCCC3C2)c(N)c1Br. The van der Waals surface area contributed by atoms with Crippen LogP contribution in [0.4, 0.5) is 5.82 Å². The predicted molar refractivity (Wildman–Crippen MR) is 71.9 cm³/mol. The van der Waals surface area contributed by atoms with E-state index in [0.717, 1.165) is 22.0 Å². The Hall–Kier alpha value is -0.550. The van der Waals surface area contributed by atoms with Gasteiger partial charge in [-0.2, -0.15) is 5.10 Å². The molecule has 0 aromatic carbocycles. The maximum atomic E-state index is 6.11. The van der Waals surface area contributed by atoms with Gasteiger partial charge in [0, 0.05) is 12.6 Å². The highest BCUT2D eigenvalue weighted by Gasteiger charge is 2.33. The number of aromatic nitrogens is 2. The van der Waals surface area contributed by atoms with Crippen molar-refractivity contribution in [2.75, 3.05) is 18.8 Å². The predicted octanol–water partition coefficient (Wildman–Crippen LogP) is 2.34. The third-order valence-electron chi connectivity index (χ3n) is 4.19. The second-order valence-corrected chi connectivity index (χ2v) is 6.03. The molecule has 0 bridgehead atoms. The van der Waals surface area contributed by atoms with Gasteiger partial charge in [-0.05, 0) is 55.1 Å². The fourth-order valence-corrected chi connectivity index (χ4v) is 3.51. The Morgan fingerprint density at radius 3 is 2.82 bits per heavy atom. The van der Waals surface area contributed by atoms with E-state index >= 15 is 0 Å². The zero-order valence-corrected chi connectivity index (χ0v) is 11.8. The Morgan fingerprint density at radius 1 is 1.29 bits per heavy atom. The Balaban J connectivity index is 1.82. The molecule has 17 heavy (non-hydrogen) atoms. The summed E-state index contributed by atoms with van der Waals surface area (Å²) in [4.78, 5) is 2.62. The van der Waals surface area contributed by atoms with Gasteiger partial charge in [-0.25, -0.2) is 4.68 Å². The van der Waals surface area contributed by atoms with Crippen molar-refractivity contribution < 1.29 is 0 Å². The van der Waals surface area contributed by atoms with Crippen LogP contribution in [0.3, 0.4) is 0 Å². The lowest BCUT2D eigenvalue weighted by Gasteiger charge is -2.35. The van der Waals surface area contributed by atoms with Gasteiger partial charge in [0.1, 0.15) is 5.82 Å². The van der Waals surface area contributed by atoms with Gasteiger partial charge in [-0.3, -0.25) is 0 Å². The molecular weight excluding hydrogens is 280 g/mol. The first-order valence-corrected chi connectivity index (χ1v) is 7.20. The highest BCUT2D eigenvalue weighted by Crippen LogP contribution is 2.35. The number of piperidine rings is 1. The summed E-state index contributed by atoms with van der Waals surface area (Å²) in [5, 5.41) is 4.57. The smallest absolute Gasteiger partial charge is 0.136 e. The highest BCUT2D eigenvalue weighted by atomic mass is 79.9. The van der Waals surface area contributed by atoms with Crippen LogP contribution in [0.25, 0.3) is 0 Å². The van der Waals surface area contributed by atoms with Gasteiger partial charge in [0.15, 0.2) is 0 Å². The Bertz CT molecular complexity index is 428. The van der Waals surface area contributed by atoms with Crippen LogP contribution in [0.2, 0.25) is 0 Å². The fourth-order valence-electron chi connectivity index (χ4n) is 3.25. The molecule has 1 aromatic heterocycles. The van der Waals surface area contributed by atoms with Gasteiger partial charge in [-0.1, -0.05) is 0 Å². The van der Waals surface area contributed by atoms with E-state index in [1.165, 1.54) is 38.8 Å². The summed E-state index contributed by atoms with van der Waals surface area (Å²) in [5.74, 6) is 0.791. The lowest BCUT2D eigenvalue weighted by Crippen LogP contribution is -2.39. The summed E-state index contributed by atoms with van der Waals surface area (Å²) in [5.41, 5.74) is 7.11. The highest BCUT2D eigenvalue weighted by molar-refractivity contribution is 9.10. The van der Waals surface area contributed by atoms with E-state index in [1.807, 2.05) is 11.6 Å². The van der Waals surface area contributed by atoms with Crippen molar-refractivity contribution in [3.63, 3.8) is 0 Å². The van der Waals surface area contributed by atoms with Gasteiger partial charge in [-0.15, -0.1) is 0 Å². The standard InChI is InChI=1S/C12H19BrN4/c1-8-11(13)12(14)17(15-8)10-4-6-16-5-2-3-9(16)7-10/h9-10H,2-7,14H2,1H3. The van der Waals surface area contributed by atoms with Gasteiger partial charge in [0.05, 0.1) is 16.2 Å². The molecule has 2 saturated heterocycles. The van der Waals surface area contributed by atoms with Crippen molar-refractivity contribution in [2.45, 2.75) is 44.7 Å². The molecule has 2 aliphatic rings. The molecule has 2 N–H and O–H groups in total. The molecule has 0 aliphatic carbocycles. The molecule has 2 atom stereocenters. The quantitative estimate of drug-likeness (QED) is 0.866. The third kappa shape index (κ3) is 1.89. The maximum absolute atomic E-state index is 6.11. The summed E-state index contributed by atoms with van der Waals surface area (Å²) in [6.07, 6.45) is 5.08. The van der Waals surface area contributed by atoms with Crippen LogP contribution in [0.1, 0.15) is 37.4 Å². The van der Waals surface area contributed by atoms with E-state index in [9.17, 15) is 0 Å². The number of halogens is 1. The number of fused-ring (bicyclic) bond motifs is 1. The topological polar surface area (TPSA) is 47.1 Å². The first kappa shape index (κ1) is 11.5. The van der Waals surface area contributed by atoms with Crippen LogP contribution in [0, 0.1) is 6.92 Å². The van der Waals surface area contributed by atoms with Crippen LogP contribution in [0.5, 0.6) is 0 Å². The van der Waals surface area contributed by atoms with Gasteiger partial charge < -0.3 is 10.6 Å². The molecule has 2 fully saturated rings. The molecule has 1 aromatic rings. The number of nitrogens with two attached hydrogens (primary N) is 1. The minimum absolute atomic E-state index is 0.486. The minimum Gasteiger partial charge on any atom is -0.383 e. The normalized spacial score (nSPS) is 29.5. The molecule has 0 radical (unpaired) electrons. The summed E-state index contributed by atoms with van der Waals surface area (Å²) in [7, 11) is 0. The van der Waals surface area contributed by atoms with Gasteiger partial charge >= 0.3 is 0 Å². The Morgan fingerprint density at radius 2 is 2.12 bits per heavy atom. The first-order valence-electron chi connectivity index (χ1n) is 6.41. The van der Waals surface area contributed by atoms with Crippen molar-refractivity contribution in [1.82, 2.24) is 14.7 Å². The molecule has 2 unspecified atom stereocenters. The van der Waals surface area contributed by atoms with Crippen LogP contribution in [0.15, 0.2) is 4.47 Å². The zero-order chi connectivity index (χ0) is 12.0. The van der Waals surface area contributed by atoms with E-state index in [-0.39, 0.29) is 0 Å². The van der Waals surface area contributed by atoms with Crippen LogP contribution >= 0.6 is 15.9 Å². The summed E-state index contributed by atoms with van der Waals surface area (Å²) >= 11 is 3.50. The second kappa shape index (κ2) is 4.28. The molecule has 4 nitrogen and oxygen atoms in total. The van der Waals surface area contributed by atoms with Crippen LogP contribution < -0.4 is 5.73 Å². The Kier molecular flexibility index (Phi) is 2.91. The molecule has 0 spiro atoms. The summed E-state index contributed by atoms with van der Waals surface area (Å²) in [6, 6.07) is 1.25. The number of nitrogens with zero attached hydrogens (tertiary/aromatic N) is 3. The fraction of sp³-hybridized carbons (Fsp3) is 0.750. The third-order valence-corrected chi connectivity index (χ3v) is 5.17. The lowest BCUT2D eigenvalue weighted by molar-refractivity contribution is 0.150. The van der Waals surface area contributed by atoms with Crippen LogP contribution in [-0.4, -0.2) is 33.8 Å². The molecule has 2 aliphatic heterocycles. The monoisotopic (exact) mass is 298 g/mol. The molecule has 3 heterocycles. The van der Waals surface area contributed by atoms with E-state index in [4.69, 9.17) is 5.73 Å².